The standard InChI is InChI=1S/C18H23N3/c1-13(20-18(19-2)21-17-8-5-9-17)15-11-10-14-6-3-4-7-16(14)12-15/h3-4,6-7,10-13,17H,5,8-9H2,1-2H3,(H2,19,20,21). The van der Waals surface area contributed by atoms with E-state index in [9.17, 15) is 0 Å². The molecule has 3 heteroatoms. The number of nitrogens with one attached hydrogen (secondary N) is 2. The maximum Gasteiger partial charge on any atom is 0.191 e. The maximum absolute atomic E-state index is 4.33. The van der Waals surface area contributed by atoms with Gasteiger partial charge in [-0.1, -0.05) is 36.4 Å². The van der Waals surface area contributed by atoms with Crippen LogP contribution in [0, 0.1) is 0 Å². The Hall–Kier alpha value is -2.03. The number of hydrogen-bond acceptors (Lipinski definition) is 1. The Labute approximate surface area is 126 Å². The van der Waals surface area contributed by atoms with Crippen molar-refractivity contribution < 1.29 is 0 Å². The molecule has 3 rings (SSSR count). The third-order valence-electron chi connectivity index (χ3n) is 4.30. The summed E-state index contributed by atoms with van der Waals surface area (Å²) in [5.41, 5.74) is 1.28. The van der Waals surface area contributed by atoms with Gasteiger partial charge in [0, 0.05) is 13.1 Å². The van der Waals surface area contributed by atoms with Gasteiger partial charge < -0.3 is 10.6 Å². The molecule has 1 atom stereocenters. The lowest BCUT2D eigenvalue weighted by Gasteiger charge is -2.29. The molecule has 0 spiro atoms. The van der Waals surface area contributed by atoms with E-state index in [-0.39, 0.29) is 6.04 Å². The van der Waals surface area contributed by atoms with Crippen LogP contribution in [0.3, 0.4) is 0 Å². The van der Waals surface area contributed by atoms with E-state index >= 15 is 0 Å². The van der Waals surface area contributed by atoms with Gasteiger partial charge in [0.2, 0.25) is 0 Å². The highest BCUT2D eigenvalue weighted by molar-refractivity contribution is 5.84. The average Bonchev–Trinajstić information content (AvgIpc) is 2.48. The Kier molecular flexibility index (Phi) is 4.09. The van der Waals surface area contributed by atoms with Crippen LogP contribution in [0.1, 0.15) is 37.8 Å². The Morgan fingerprint density at radius 3 is 2.57 bits per heavy atom. The van der Waals surface area contributed by atoms with E-state index in [2.05, 4.69) is 65.0 Å². The smallest absolute Gasteiger partial charge is 0.191 e. The minimum Gasteiger partial charge on any atom is -0.354 e. The second-order valence-corrected chi connectivity index (χ2v) is 5.82. The molecule has 2 aromatic rings. The van der Waals surface area contributed by atoms with E-state index in [0.29, 0.717) is 6.04 Å². The van der Waals surface area contributed by atoms with Crippen molar-refractivity contribution in [2.75, 3.05) is 7.05 Å². The van der Waals surface area contributed by atoms with Crippen molar-refractivity contribution in [1.29, 1.82) is 0 Å². The zero-order valence-corrected chi connectivity index (χ0v) is 12.8. The highest BCUT2D eigenvalue weighted by Crippen LogP contribution is 2.21. The largest absolute Gasteiger partial charge is 0.354 e. The summed E-state index contributed by atoms with van der Waals surface area (Å²) in [7, 11) is 1.83. The molecule has 2 N–H and O–H groups in total. The van der Waals surface area contributed by atoms with Gasteiger partial charge in [-0.2, -0.15) is 0 Å². The number of rotatable bonds is 3. The van der Waals surface area contributed by atoms with Crippen LogP contribution in [0.5, 0.6) is 0 Å². The zero-order valence-electron chi connectivity index (χ0n) is 12.8. The van der Waals surface area contributed by atoms with Gasteiger partial charge in [-0.15, -0.1) is 0 Å². The molecule has 0 aliphatic heterocycles. The number of benzene rings is 2. The molecule has 0 aromatic heterocycles. The molecule has 1 saturated carbocycles. The third kappa shape index (κ3) is 3.18. The number of aliphatic imine (C=N–C) groups is 1. The highest BCUT2D eigenvalue weighted by Gasteiger charge is 2.19. The second-order valence-electron chi connectivity index (χ2n) is 5.82. The summed E-state index contributed by atoms with van der Waals surface area (Å²) < 4.78 is 0. The van der Waals surface area contributed by atoms with Crippen LogP contribution in [0.25, 0.3) is 10.8 Å². The minimum absolute atomic E-state index is 0.237. The first-order valence-corrected chi connectivity index (χ1v) is 7.75. The van der Waals surface area contributed by atoms with Gasteiger partial charge in [-0.05, 0) is 48.6 Å². The zero-order chi connectivity index (χ0) is 14.7. The van der Waals surface area contributed by atoms with Crippen molar-refractivity contribution in [3.8, 4) is 0 Å². The van der Waals surface area contributed by atoms with E-state index in [1.807, 2.05) is 7.05 Å². The van der Waals surface area contributed by atoms with Crippen molar-refractivity contribution in [2.24, 2.45) is 4.99 Å². The lowest BCUT2D eigenvalue weighted by atomic mass is 9.93. The van der Waals surface area contributed by atoms with Crippen LogP contribution < -0.4 is 10.6 Å². The van der Waals surface area contributed by atoms with Gasteiger partial charge in [0.15, 0.2) is 5.96 Å². The molecule has 0 heterocycles. The predicted molar refractivity (Wildman–Crippen MR) is 89.6 cm³/mol. The number of guanidine groups is 1. The Balaban J connectivity index is 1.71. The summed E-state index contributed by atoms with van der Waals surface area (Å²) >= 11 is 0. The molecule has 21 heavy (non-hydrogen) atoms. The van der Waals surface area contributed by atoms with Crippen LogP contribution in [0.15, 0.2) is 47.5 Å². The van der Waals surface area contributed by atoms with E-state index in [1.54, 1.807) is 0 Å². The average molecular weight is 281 g/mol. The summed E-state index contributed by atoms with van der Waals surface area (Å²) in [5.74, 6) is 0.903. The summed E-state index contributed by atoms with van der Waals surface area (Å²) in [4.78, 5) is 4.33. The summed E-state index contributed by atoms with van der Waals surface area (Å²) in [5, 5.41) is 9.53. The SMILES string of the molecule is CN=C(NC1CCC1)NC(C)c1ccc2ccccc2c1. The van der Waals surface area contributed by atoms with Crippen LogP contribution in [-0.4, -0.2) is 19.0 Å². The summed E-state index contributed by atoms with van der Waals surface area (Å²) in [6.45, 7) is 2.18. The van der Waals surface area contributed by atoms with Crippen molar-refractivity contribution >= 4 is 16.7 Å². The van der Waals surface area contributed by atoms with Gasteiger partial charge in [0.05, 0.1) is 6.04 Å². The minimum atomic E-state index is 0.237. The highest BCUT2D eigenvalue weighted by atomic mass is 15.2. The fourth-order valence-corrected chi connectivity index (χ4v) is 2.68. The van der Waals surface area contributed by atoms with Crippen LogP contribution in [-0.2, 0) is 0 Å². The molecule has 0 saturated heterocycles. The number of nitrogens with zero attached hydrogens (tertiary/aromatic N) is 1. The van der Waals surface area contributed by atoms with Gasteiger partial charge in [0.25, 0.3) is 0 Å². The van der Waals surface area contributed by atoms with Crippen LogP contribution >= 0.6 is 0 Å². The Morgan fingerprint density at radius 2 is 1.90 bits per heavy atom. The molecule has 1 unspecified atom stereocenters. The topological polar surface area (TPSA) is 36.4 Å². The molecule has 1 aliphatic carbocycles. The lowest BCUT2D eigenvalue weighted by Crippen LogP contribution is -2.46. The lowest BCUT2D eigenvalue weighted by molar-refractivity contribution is 0.378. The van der Waals surface area contributed by atoms with E-state index in [1.165, 1.54) is 35.6 Å². The summed E-state index contributed by atoms with van der Waals surface area (Å²) in [6.07, 6.45) is 3.84. The van der Waals surface area contributed by atoms with Crippen LogP contribution in [0.4, 0.5) is 0 Å². The van der Waals surface area contributed by atoms with Gasteiger partial charge in [-0.25, -0.2) is 0 Å². The first-order valence-electron chi connectivity index (χ1n) is 7.75. The molecule has 110 valence electrons. The molecule has 1 fully saturated rings. The van der Waals surface area contributed by atoms with Gasteiger partial charge in [0.1, 0.15) is 0 Å². The molecule has 0 amide bonds. The molecule has 0 radical (unpaired) electrons. The third-order valence-corrected chi connectivity index (χ3v) is 4.30. The van der Waals surface area contributed by atoms with Crippen molar-refractivity contribution in [3.63, 3.8) is 0 Å². The monoisotopic (exact) mass is 281 g/mol. The summed E-state index contributed by atoms with van der Waals surface area (Å²) in [6, 6.07) is 15.9. The maximum atomic E-state index is 4.33. The van der Waals surface area contributed by atoms with Crippen molar-refractivity contribution in [1.82, 2.24) is 10.6 Å². The van der Waals surface area contributed by atoms with E-state index in [4.69, 9.17) is 0 Å². The molecule has 3 nitrogen and oxygen atoms in total. The number of hydrogen-bond donors (Lipinski definition) is 2. The predicted octanol–water partition coefficient (Wildman–Crippen LogP) is 3.62. The first kappa shape index (κ1) is 13.9. The van der Waals surface area contributed by atoms with Crippen molar-refractivity contribution in [2.45, 2.75) is 38.3 Å². The van der Waals surface area contributed by atoms with E-state index < -0.39 is 0 Å². The van der Waals surface area contributed by atoms with E-state index in [0.717, 1.165) is 5.96 Å². The molecular formula is C18H23N3. The van der Waals surface area contributed by atoms with Gasteiger partial charge in [-0.3, -0.25) is 4.99 Å². The quantitative estimate of drug-likeness (QED) is 0.666. The molecular weight excluding hydrogens is 258 g/mol. The first-order chi connectivity index (χ1) is 10.3. The normalized spacial score (nSPS) is 17.3. The fraction of sp³-hybridized carbons (Fsp3) is 0.389. The Morgan fingerprint density at radius 1 is 1.14 bits per heavy atom. The van der Waals surface area contributed by atoms with Crippen LogP contribution in [0.2, 0.25) is 0 Å². The van der Waals surface area contributed by atoms with Gasteiger partial charge >= 0.3 is 0 Å². The van der Waals surface area contributed by atoms with Crippen molar-refractivity contribution in [3.05, 3.63) is 48.0 Å². The fourth-order valence-electron chi connectivity index (χ4n) is 2.68. The second kappa shape index (κ2) is 6.17. The number of fused-ring (bicyclic) bond motifs is 1. The molecule has 0 bridgehead atoms. The molecule has 2 aromatic carbocycles. The Bertz CT molecular complexity index is 644. The molecule has 1 aliphatic rings.